The number of hydrogen-bond donors (Lipinski definition) is 1. The van der Waals surface area contributed by atoms with Crippen LogP contribution in [0.25, 0.3) is 0 Å². The molecule has 4 atom stereocenters. The highest BCUT2D eigenvalue weighted by Crippen LogP contribution is 2.31. The van der Waals surface area contributed by atoms with Crippen molar-refractivity contribution in [3.63, 3.8) is 0 Å². The number of benzene rings is 1. The van der Waals surface area contributed by atoms with Gasteiger partial charge < -0.3 is 24.4 Å². The van der Waals surface area contributed by atoms with Gasteiger partial charge in [-0.1, -0.05) is 24.3 Å². The molecule has 0 bridgehead atoms. The van der Waals surface area contributed by atoms with Crippen LogP contribution in [0.3, 0.4) is 0 Å². The van der Waals surface area contributed by atoms with Crippen LogP contribution in [0.5, 0.6) is 0 Å². The number of ether oxygens (including phenoxy) is 3. The van der Waals surface area contributed by atoms with Crippen LogP contribution in [0.2, 0.25) is 0 Å². The molecule has 2 aliphatic rings. The molecule has 30 heavy (non-hydrogen) atoms. The Morgan fingerprint density at radius 3 is 2.70 bits per heavy atom. The molecule has 1 aromatic rings. The third-order valence-electron chi connectivity index (χ3n) is 5.61. The molecule has 0 radical (unpaired) electrons. The first-order valence-electron chi connectivity index (χ1n) is 10.8. The van der Waals surface area contributed by atoms with Crippen LogP contribution in [0, 0.1) is 0 Å². The van der Waals surface area contributed by atoms with Gasteiger partial charge in [0, 0.05) is 19.6 Å². The summed E-state index contributed by atoms with van der Waals surface area (Å²) in [7, 11) is 0. The summed E-state index contributed by atoms with van der Waals surface area (Å²) in [6.45, 7) is 10.8. The maximum Gasteiger partial charge on any atom is 0.407 e. The van der Waals surface area contributed by atoms with E-state index < -0.39 is 17.8 Å². The van der Waals surface area contributed by atoms with Crippen LogP contribution < -0.4 is 5.32 Å². The maximum atomic E-state index is 13.3. The lowest BCUT2D eigenvalue weighted by molar-refractivity contribution is -0.159. The Labute approximate surface area is 179 Å². The van der Waals surface area contributed by atoms with Gasteiger partial charge in [0.05, 0.1) is 18.7 Å². The van der Waals surface area contributed by atoms with Gasteiger partial charge in [-0.3, -0.25) is 4.79 Å². The van der Waals surface area contributed by atoms with Gasteiger partial charge >= 0.3 is 6.09 Å². The zero-order valence-corrected chi connectivity index (χ0v) is 18.6. The number of rotatable bonds is 4. The molecular weight excluding hydrogens is 384 g/mol. The number of fused-ring (bicyclic) bond motifs is 1. The van der Waals surface area contributed by atoms with Gasteiger partial charge in [-0.25, -0.2) is 4.79 Å². The predicted octanol–water partition coefficient (Wildman–Crippen LogP) is 3.22. The zero-order valence-electron chi connectivity index (χ0n) is 18.6. The van der Waals surface area contributed by atoms with E-state index in [0.29, 0.717) is 19.6 Å². The van der Waals surface area contributed by atoms with E-state index in [-0.39, 0.29) is 30.7 Å². The summed E-state index contributed by atoms with van der Waals surface area (Å²) >= 11 is 0. The van der Waals surface area contributed by atoms with Gasteiger partial charge in [-0.05, 0) is 52.2 Å². The number of nitrogens with zero attached hydrogens (tertiary/aromatic N) is 1. The molecular formula is C23H34N2O5. The topological polar surface area (TPSA) is 77.1 Å². The van der Waals surface area contributed by atoms with E-state index in [9.17, 15) is 9.59 Å². The van der Waals surface area contributed by atoms with Gasteiger partial charge in [0.1, 0.15) is 17.8 Å². The Kier molecular flexibility index (Phi) is 7.03. The minimum Gasteiger partial charge on any atom is -0.444 e. The first kappa shape index (κ1) is 22.6. The normalized spacial score (nSPS) is 26.6. The van der Waals surface area contributed by atoms with Crippen molar-refractivity contribution < 1.29 is 23.8 Å². The molecule has 0 spiro atoms. The number of nitrogens with one attached hydrogen (secondary N) is 1. The van der Waals surface area contributed by atoms with E-state index in [4.69, 9.17) is 14.2 Å². The molecule has 166 valence electrons. The first-order valence-corrected chi connectivity index (χ1v) is 10.8. The molecule has 0 saturated carbocycles. The smallest absolute Gasteiger partial charge is 0.407 e. The van der Waals surface area contributed by atoms with E-state index in [1.54, 1.807) is 0 Å². The van der Waals surface area contributed by atoms with Crippen LogP contribution in [-0.4, -0.2) is 60.5 Å². The van der Waals surface area contributed by atoms with Gasteiger partial charge in [0.2, 0.25) is 0 Å². The van der Waals surface area contributed by atoms with E-state index in [1.807, 2.05) is 44.7 Å². The van der Waals surface area contributed by atoms with Crippen LogP contribution in [-0.2, 0) is 25.4 Å². The van der Waals surface area contributed by atoms with Gasteiger partial charge in [0.25, 0.3) is 5.91 Å². The van der Waals surface area contributed by atoms with E-state index in [1.165, 1.54) is 11.1 Å². The Morgan fingerprint density at radius 2 is 2.00 bits per heavy atom. The molecule has 7 heteroatoms. The van der Waals surface area contributed by atoms with Crippen molar-refractivity contribution in [3.05, 3.63) is 35.4 Å². The molecule has 1 saturated heterocycles. The lowest BCUT2D eigenvalue weighted by Gasteiger charge is -2.41. The standard InChI is InChI=1S/C23H34N2O5/c1-6-28-20-14-29-19(13-18(20)24-22(27)30-23(3,4)5)21(26)25-12-11-16-9-7-8-10-17(16)15(25)2/h7-10,15,18-20H,6,11-14H2,1-5H3,(H,24,27)/t15-,18-,19+,20-/m0/s1. The highest BCUT2D eigenvalue weighted by molar-refractivity contribution is 5.82. The molecule has 2 aliphatic heterocycles. The number of alkyl carbamates (subject to hydrolysis) is 1. The summed E-state index contributed by atoms with van der Waals surface area (Å²) in [5.74, 6) is -0.0389. The van der Waals surface area contributed by atoms with Gasteiger partial charge in [-0.15, -0.1) is 0 Å². The lowest BCUT2D eigenvalue weighted by atomic mass is 9.92. The fourth-order valence-electron chi connectivity index (χ4n) is 4.20. The minimum atomic E-state index is -0.616. The van der Waals surface area contributed by atoms with Crippen molar-refractivity contribution in [1.82, 2.24) is 10.2 Å². The third kappa shape index (κ3) is 5.32. The van der Waals surface area contributed by atoms with Gasteiger partial charge in [0.15, 0.2) is 0 Å². The van der Waals surface area contributed by atoms with Crippen molar-refractivity contribution in [2.24, 2.45) is 0 Å². The van der Waals surface area contributed by atoms with Crippen molar-refractivity contribution in [2.45, 2.75) is 77.4 Å². The molecule has 0 aromatic heterocycles. The fraction of sp³-hybridized carbons (Fsp3) is 0.652. The SMILES string of the molecule is CCO[C@H]1CO[C@@H](C(=O)N2CCc3ccccc3[C@@H]2C)C[C@@H]1NC(=O)OC(C)(C)C. The van der Waals surface area contributed by atoms with Crippen molar-refractivity contribution in [3.8, 4) is 0 Å². The molecule has 2 amide bonds. The van der Waals surface area contributed by atoms with Crippen molar-refractivity contribution in [1.29, 1.82) is 0 Å². The molecule has 1 fully saturated rings. The summed E-state index contributed by atoms with van der Waals surface area (Å²) in [5.41, 5.74) is 1.88. The summed E-state index contributed by atoms with van der Waals surface area (Å²) in [6.07, 6.45) is -0.251. The van der Waals surface area contributed by atoms with Gasteiger partial charge in [-0.2, -0.15) is 0 Å². The Morgan fingerprint density at radius 1 is 1.27 bits per heavy atom. The molecule has 1 N–H and O–H groups in total. The fourth-order valence-corrected chi connectivity index (χ4v) is 4.20. The minimum absolute atomic E-state index is 0.00655. The number of amides is 2. The molecule has 2 heterocycles. The van der Waals surface area contributed by atoms with Crippen LogP contribution in [0.15, 0.2) is 24.3 Å². The average molecular weight is 419 g/mol. The predicted molar refractivity (Wildman–Crippen MR) is 113 cm³/mol. The third-order valence-corrected chi connectivity index (χ3v) is 5.61. The molecule has 0 aliphatic carbocycles. The Balaban J connectivity index is 1.69. The highest BCUT2D eigenvalue weighted by Gasteiger charge is 2.40. The largest absolute Gasteiger partial charge is 0.444 e. The average Bonchev–Trinajstić information content (AvgIpc) is 2.68. The van der Waals surface area contributed by atoms with Crippen LogP contribution in [0.1, 0.15) is 58.2 Å². The van der Waals surface area contributed by atoms with Crippen molar-refractivity contribution in [2.75, 3.05) is 19.8 Å². The lowest BCUT2D eigenvalue weighted by Crippen LogP contribution is -2.56. The molecule has 0 unspecified atom stereocenters. The molecule has 7 nitrogen and oxygen atoms in total. The van der Waals surface area contributed by atoms with E-state index >= 15 is 0 Å². The quantitative estimate of drug-likeness (QED) is 0.812. The van der Waals surface area contributed by atoms with E-state index in [2.05, 4.69) is 24.4 Å². The first-order chi connectivity index (χ1) is 14.2. The second-order valence-electron chi connectivity index (χ2n) is 8.96. The maximum absolute atomic E-state index is 13.3. The Hall–Kier alpha value is -2.12. The number of hydrogen-bond acceptors (Lipinski definition) is 5. The summed E-state index contributed by atoms with van der Waals surface area (Å²) in [6, 6.07) is 7.89. The second-order valence-corrected chi connectivity index (χ2v) is 8.96. The highest BCUT2D eigenvalue weighted by atomic mass is 16.6. The Bertz CT molecular complexity index is 760. The van der Waals surface area contributed by atoms with Crippen molar-refractivity contribution >= 4 is 12.0 Å². The van der Waals surface area contributed by atoms with Crippen LogP contribution >= 0.6 is 0 Å². The number of carbonyl (C=O) groups is 2. The number of carbonyl (C=O) groups excluding carboxylic acids is 2. The second kappa shape index (κ2) is 9.35. The van der Waals surface area contributed by atoms with Crippen LogP contribution in [0.4, 0.5) is 4.79 Å². The molecule has 1 aromatic carbocycles. The summed E-state index contributed by atoms with van der Waals surface area (Å²) in [5, 5.41) is 2.89. The summed E-state index contributed by atoms with van der Waals surface area (Å²) < 4.78 is 17.0. The zero-order chi connectivity index (χ0) is 21.9. The monoisotopic (exact) mass is 418 g/mol. The summed E-state index contributed by atoms with van der Waals surface area (Å²) in [4.78, 5) is 27.5. The molecule has 3 rings (SSSR count). The van der Waals surface area contributed by atoms with E-state index in [0.717, 1.165) is 6.42 Å².